The molecule has 0 spiro atoms. The van der Waals surface area contributed by atoms with E-state index in [1.54, 1.807) is 12.1 Å². The minimum atomic E-state index is -0.562. The van der Waals surface area contributed by atoms with Gasteiger partial charge < -0.3 is 5.11 Å². The second-order valence-electron chi connectivity index (χ2n) is 3.33. The predicted octanol–water partition coefficient (Wildman–Crippen LogP) is 2.52. The summed E-state index contributed by atoms with van der Waals surface area (Å²) in [5, 5.41) is 8.92. The zero-order chi connectivity index (χ0) is 11.5. The van der Waals surface area contributed by atoms with Gasteiger partial charge in [0.05, 0.1) is 6.61 Å². The Labute approximate surface area is 91.2 Å². The molecule has 0 aliphatic rings. The SMILES string of the molecule is OCc1cc(-c2ccc(F)nc2)ccc1F. The minimum Gasteiger partial charge on any atom is -0.392 e. The number of aliphatic hydroxyl groups is 1. The normalized spacial score (nSPS) is 10.4. The number of hydrogen-bond acceptors (Lipinski definition) is 2. The average molecular weight is 221 g/mol. The molecule has 0 amide bonds. The molecule has 0 radical (unpaired) electrons. The highest BCUT2D eigenvalue weighted by Gasteiger charge is 2.04. The Kier molecular flexibility index (Phi) is 2.92. The van der Waals surface area contributed by atoms with Crippen molar-refractivity contribution in [2.45, 2.75) is 6.61 Å². The number of aromatic nitrogens is 1. The van der Waals surface area contributed by atoms with Crippen molar-refractivity contribution in [3.63, 3.8) is 0 Å². The molecule has 2 nitrogen and oxygen atoms in total. The van der Waals surface area contributed by atoms with Gasteiger partial charge in [0, 0.05) is 17.3 Å². The van der Waals surface area contributed by atoms with Crippen LogP contribution < -0.4 is 0 Å². The molecular formula is C12H9F2NO. The molecule has 1 N–H and O–H groups in total. The standard InChI is InChI=1S/C12H9F2NO/c13-11-3-1-8(5-10(11)7-16)9-2-4-12(14)15-6-9/h1-6,16H,7H2. The molecule has 16 heavy (non-hydrogen) atoms. The third-order valence-electron chi connectivity index (χ3n) is 2.28. The van der Waals surface area contributed by atoms with Gasteiger partial charge in [-0.2, -0.15) is 4.39 Å². The van der Waals surface area contributed by atoms with Crippen LogP contribution in [0.15, 0.2) is 36.5 Å². The molecule has 0 aliphatic heterocycles. The molecule has 1 aromatic carbocycles. The molecule has 0 unspecified atom stereocenters. The molecule has 0 bridgehead atoms. The molecule has 4 heteroatoms. The van der Waals surface area contributed by atoms with Gasteiger partial charge in [0.15, 0.2) is 0 Å². The molecule has 0 saturated carbocycles. The molecule has 1 heterocycles. The Morgan fingerprint density at radius 2 is 1.81 bits per heavy atom. The fraction of sp³-hybridized carbons (Fsp3) is 0.0833. The summed E-state index contributed by atoms with van der Waals surface area (Å²) in [6, 6.07) is 7.13. The summed E-state index contributed by atoms with van der Waals surface area (Å²) in [7, 11) is 0. The maximum absolute atomic E-state index is 13.1. The topological polar surface area (TPSA) is 33.1 Å². The molecular weight excluding hydrogens is 212 g/mol. The third-order valence-corrected chi connectivity index (χ3v) is 2.28. The van der Waals surface area contributed by atoms with Crippen molar-refractivity contribution >= 4 is 0 Å². The van der Waals surface area contributed by atoms with Crippen molar-refractivity contribution in [2.24, 2.45) is 0 Å². The van der Waals surface area contributed by atoms with Crippen LogP contribution in [-0.2, 0) is 6.61 Å². The average Bonchev–Trinajstić information content (AvgIpc) is 2.31. The number of nitrogens with zero attached hydrogens (tertiary/aromatic N) is 1. The van der Waals surface area contributed by atoms with Crippen LogP contribution in [0, 0.1) is 11.8 Å². The predicted molar refractivity (Wildman–Crippen MR) is 55.5 cm³/mol. The van der Waals surface area contributed by atoms with Gasteiger partial charge in [0.2, 0.25) is 5.95 Å². The van der Waals surface area contributed by atoms with Crippen molar-refractivity contribution in [3.8, 4) is 11.1 Å². The highest BCUT2D eigenvalue weighted by molar-refractivity contribution is 5.63. The van der Waals surface area contributed by atoms with Gasteiger partial charge in [-0.25, -0.2) is 9.37 Å². The van der Waals surface area contributed by atoms with Gasteiger partial charge in [0.25, 0.3) is 0 Å². The van der Waals surface area contributed by atoms with Gasteiger partial charge >= 0.3 is 0 Å². The number of rotatable bonds is 2. The van der Waals surface area contributed by atoms with Crippen LogP contribution in [0.4, 0.5) is 8.78 Å². The largest absolute Gasteiger partial charge is 0.392 e. The second kappa shape index (κ2) is 4.37. The van der Waals surface area contributed by atoms with Crippen molar-refractivity contribution in [3.05, 3.63) is 53.9 Å². The number of aliphatic hydroxyl groups excluding tert-OH is 1. The summed E-state index contributed by atoms with van der Waals surface area (Å²) in [5.41, 5.74) is 1.58. The zero-order valence-electron chi connectivity index (χ0n) is 8.32. The van der Waals surface area contributed by atoms with Crippen LogP contribution >= 0.6 is 0 Å². The first-order valence-corrected chi connectivity index (χ1v) is 4.72. The van der Waals surface area contributed by atoms with E-state index in [1.165, 1.54) is 24.4 Å². The number of halogens is 2. The minimum absolute atomic E-state index is 0.210. The summed E-state index contributed by atoms with van der Waals surface area (Å²) in [6.45, 7) is -0.367. The van der Waals surface area contributed by atoms with E-state index >= 15 is 0 Å². The van der Waals surface area contributed by atoms with Crippen LogP contribution in [0.1, 0.15) is 5.56 Å². The molecule has 1 aromatic heterocycles. The molecule has 0 atom stereocenters. The highest BCUT2D eigenvalue weighted by atomic mass is 19.1. The summed E-state index contributed by atoms with van der Waals surface area (Å²) in [4.78, 5) is 3.51. The van der Waals surface area contributed by atoms with Crippen LogP contribution in [0.5, 0.6) is 0 Å². The third kappa shape index (κ3) is 2.06. The van der Waals surface area contributed by atoms with Crippen LogP contribution in [-0.4, -0.2) is 10.1 Å². The van der Waals surface area contributed by atoms with Gasteiger partial charge in [-0.1, -0.05) is 6.07 Å². The number of pyridine rings is 1. The van der Waals surface area contributed by atoms with Crippen molar-refractivity contribution < 1.29 is 13.9 Å². The van der Waals surface area contributed by atoms with Crippen LogP contribution in [0.25, 0.3) is 11.1 Å². The second-order valence-corrected chi connectivity index (χ2v) is 3.33. The molecule has 0 aliphatic carbocycles. The van der Waals surface area contributed by atoms with E-state index in [4.69, 9.17) is 5.11 Å². The summed E-state index contributed by atoms with van der Waals surface area (Å²) in [6.07, 6.45) is 1.36. The monoisotopic (exact) mass is 221 g/mol. The van der Waals surface area contributed by atoms with Crippen molar-refractivity contribution in [2.75, 3.05) is 0 Å². The summed E-state index contributed by atoms with van der Waals surface area (Å²) >= 11 is 0. The highest BCUT2D eigenvalue weighted by Crippen LogP contribution is 2.21. The Morgan fingerprint density at radius 3 is 2.44 bits per heavy atom. The molecule has 0 saturated heterocycles. The maximum atomic E-state index is 13.1. The fourth-order valence-electron chi connectivity index (χ4n) is 1.42. The lowest BCUT2D eigenvalue weighted by Crippen LogP contribution is -1.91. The molecule has 2 rings (SSSR count). The van der Waals surface area contributed by atoms with Crippen molar-refractivity contribution in [1.82, 2.24) is 4.98 Å². The van der Waals surface area contributed by atoms with E-state index in [1.807, 2.05) is 0 Å². The quantitative estimate of drug-likeness (QED) is 0.790. The van der Waals surface area contributed by atoms with Gasteiger partial charge in [0.1, 0.15) is 5.82 Å². The summed E-state index contributed by atoms with van der Waals surface area (Å²) < 4.78 is 25.7. The lowest BCUT2D eigenvalue weighted by atomic mass is 10.0. The first-order valence-electron chi connectivity index (χ1n) is 4.72. The van der Waals surface area contributed by atoms with E-state index < -0.39 is 11.8 Å². The Morgan fingerprint density at radius 1 is 1.06 bits per heavy atom. The van der Waals surface area contributed by atoms with Crippen LogP contribution in [0.2, 0.25) is 0 Å². The number of benzene rings is 1. The van der Waals surface area contributed by atoms with Crippen molar-refractivity contribution in [1.29, 1.82) is 0 Å². The Bertz CT molecular complexity index is 497. The Balaban J connectivity index is 2.44. The first-order chi connectivity index (χ1) is 7.70. The number of hydrogen-bond donors (Lipinski definition) is 1. The van der Waals surface area contributed by atoms with Gasteiger partial charge in [-0.05, 0) is 29.8 Å². The smallest absolute Gasteiger partial charge is 0.212 e. The van der Waals surface area contributed by atoms with E-state index in [-0.39, 0.29) is 12.2 Å². The van der Waals surface area contributed by atoms with E-state index in [9.17, 15) is 8.78 Å². The lowest BCUT2D eigenvalue weighted by molar-refractivity contribution is 0.276. The molecule has 82 valence electrons. The zero-order valence-corrected chi connectivity index (χ0v) is 8.32. The fourth-order valence-corrected chi connectivity index (χ4v) is 1.42. The van der Waals surface area contributed by atoms with E-state index in [0.29, 0.717) is 11.1 Å². The lowest BCUT2D eigenvalue weighted by Gasteiger charge is -2.04. The molecule has 2 aromatic rings. The van der Waals surface area contributed by atoms with E-state index in [0.717, 1.165) is 0 Å². The molecule has 0 fully saturated rings. The van der Waals surface area contributed by atoms with Gasteiger partial charge in [-0.3, -0.25) is 0 Å². The first kappa shape index (κ1) is 10.7. The Hall–Kier alpha value is -1.81. The van der Waals surface area contributed by atoms with Crippen LogP contribution in [0.3, 0.4) is 0 Å². The maximum Gasteiger partial charge on any atom is 0.212 e. The van der Waals surface area contributed by atoms with Gasteiger partial charge in [-0.15, -0.1) is 0 Å². The summed E-state index contributed by atoms with van der Waals surface area (Å²) in [5.74, 6) is -1.02. The van der Waals surface area contributed by atoms with E-state index in [2.05, 4.69) is 4.98 Å².